The summed E-state index contributed by atoms with van der Waals surface area (Å²) in [6, 6.07) is 70.9. The molecular weight excluding hydrogens is 797 g/mol. The first-order valence-corrected chi connectivity index (χ1v) is 21.8. The zero-order valence-corrected chi connectivity index (χ0v) is 35.7. The summed E-state index contributed by atoms with van der Waals surface area (Å²) in [6.07, 6.45) is 0. The van der Waals surface area contributed by atoms with Crippen LogP contribution >= 0.6 is 0 Å². The highest BCUT2D eigenvalue weighted by molar-refractivity contribution is 6.11. The van der Waals surface area contributed by atoms with E-state index < -0.39 is 0 Å². The molecular formula is C57H40N8. The van der Waals surface area contributed by atoms with Gasteiger partial charge in [0.25, 0.3) is 0 Å². The summed E-state index contributed by atoms with van der Waals surface area (Å²) in [5.74, 6) is 2.89. The van der Waals surface area contributed by atoms with Gasteiger partial charge in [-0.2, -0.15) is 19.9 Å². The third-order valence-electron chi connectivity index (χ3n) is 12.5. The van der Waals surface area contributed by atoms with Gasteiger partial charge in [-0.25, -0.2) is 14.9 Å². The van der Waals surface area contributed by atoms with Crippen molar-refractivity contribution in [2.24, 2.45) is 0 Å². The lowest BCUT2D eigenvalue weighted by Gasteiger charge is -2.26. The number of aromatic nitrogens is 7. The maximum absolute atomic E-state index is 5.25. The Morgan fingerprint density at radius 1 is 0.369 bits per heavy atom. The minimum absolute atomic E-state index is 0.379. The second-order valence-electron chi connectivity index (χ2n) is 16.8. The van der Waals surface area contributed by atoms with Gasteiger partial charge in [0, 0.05) is 44.1 Å². The quantitative estimate of drug-likeness (QED) is 0.151. The van der Waals surface area contributed by atoms with Crippen LogP contribution in [0.25, 0.3) is 84.2 Å². The molecule has 1 aliphatic carbocycles. The molecule has 0 spiro atoms. The maximum atomic E-state index is 5.25. The monoisotopic (exact) mass is 836 g/mol. The molecule has 1 aliphatic rings. The van der Waals surface area contributed by atoms with E-state index in [1.165, 1.54) is 44.1 Å². The number of fused-ring (bicyclic) bond motifs is 6. The number of rotatable bonds is 8. The molecule has 0 atom stereocenters. The number of hydrogen-bond donors (Lipinski definition) is 0. The van der Waals surface area contributed by atoms with E-state index in [1.807, 2.05) is 126 Å². The van der Waals surface area contributed by atoms with Crippen LogP contribution in [0.15, 0.2) is 206 Å². The van der Waals surface area contributed by atoms with E-state index in [1.54, 1.807) is 0 Å². The summed E-state index contributed by atoms with van der Waals surface area (Å²) in [5, 5.41) is 2.44. The molecule has 0 N–H and O–H groups in total. The molecule has 0 saturated heterocycles. The molecule has 8 aromatic carbocycles. The fraction of sp³-hybridized carbons (Fsp3) is 0.0526. The molecule has 11 aromatic rings. The first-order valence-electron chi connectivity index (χ1n) is 21.8. The lowest BCUT2D eigenvalue weighted by molar-refractivity contribution is 0.661. The highest BCUT2D eigenvalue weighted by Gasteiger charge is 2.38. The molecule has 8 nitrogen and oxygen atoms in total. The van der Waals surface area contributed by atoms with Crippen molar-refractivity contribution in [2.75, 3.05) is 4.90 Å². The van der Waals surface area contributed by atoms with Crippen LogP contribution < -0.4 is 4.90 Å². The van der Waals surface area contributed by atoms with E-state index in [4.69, 9.17) is 29.9 Å². The average molecular weight is 837 g/mol. The number of hydrogen-bond acceptors (Lipinski definition) is 7. The maximum Gasteiger partial charge on any atom is 0.241 e. The Labute approximate surface area is 376 Å². The Hall–Kier alpha value is -8.62. The van der Waals surface area contributed by atoms with E-state index in [0.717, 1.165) is 33.6 Å². The average Bonchev–Trinajstić information content (AvgIpc) is 3.81. The third kappa shape index (κ3) is 6.54. The normalized spacial score (nSPS) is 12.6. The molecule has 8 heteroatoms. The van der Waals surface area contributed by atoms with Gasteiger partial charge in [-0.1, -0.05) is 178 Å². The zero-order chi connectivity index (χ0) is 43.5. The molecule has 0 amide bonds. The SMILES string of the molecule is CC1(C)c2cc(N(c3nc(-c4ccccc4)nc(-c4ccccc4)n3)c3nc(-c4ccccc4)nc(-c4ccccc4)n3)ccc2-c2cc3c4ccccc4n(-c4ccccc4)c3cc21. The van der Waals surface area contributed by atoms with Crippen LogP contribution in [-0.2, 0) is 5.41 Å². The highest BCUT2D eigenvalue weighted by atomic mass is 15.4. The predicted molar refractivity (Wildman–Crippen MR) is 262 cm³/mol. The van der Waals surface area contributed by atoms with Crippen LogP contribution in [0.2, 0.25) is 0 Å². The molecule has 0 radical (unpaired) electrons. The van der Waals surface area contributed by atoms with E-state index in [-0.39, 0.29) is 5.41 Å². The van der Waals surface area contributed by atoms with Crippen LogP contribution in [-0.4, -0.2) is 34.5 Å². The Kier molecular flexibility index (Phi) is 8.98. The first kappa shape index (κ1) is 38.1. The van der Waals surface area contributed by atoms with Crippen molar-refractivity contribution in [3.05, 3.63) is 217 Å². The van der Waals surface area contributed by atoms with Crippen molar-refractivity contribution in [3.8, 4) is 62.4 Å². The predicted octanol–water partition coefficient (Wildman–Crippen LogP) is 13.6. The van der Waals surface area contributed by atoms with Crippen molar-refractivity contribution < 1.29 is 0 Å². The molecule has 3 heterocycles. The number of nitrogens with zero attached hydrogens (tertiary/aromatic N) is 8. The standard InChI is InChI=1S/C57H40N8/c1-57(2)47-34-42(32-33-43(47)45-35-46-44-30-18-19-31-49(44)64(50(46)36-48(45)57)41-28-16-7-17-29-41)65(55-60-51(37-20-8-3-9-21-37)58-52(61-55)38-22-10-4-11-23-38)56-62-53(39-24-12-5-13-25-39)59-54(63-56)40-26-14-6-15-27-40/h3-36H,1-2H3. The Morgan fingerprint density at radius 2 is 0.800 bits per heavy atom. The van der Waals surface area contributed by atoms with Gasteiger partial charge in [-0.15, -0.1) is 0 Å². The lowest BCUT2D eigenvalue weighted by atomic mass is 9.82. The summed E-state index contributed by atoms with van der Waals surface area (Å²) in [7, 11) is 0. The Balaban J connectivity index is 1.10. The Bertz CT molecular complexity index is 3310. The van der Waals surface area contributed by atoms with Crippen LogP contribution in [0, 0.1) is 0 Å². The summed E-state index contributed by atoms with van der Waals surface area (Å²) in [4.78, 5) is 33.1. The number of benzene rings is 8. The molecule has 12 rings (SSSR count). The van der Waals surface area contributed by atoms with E-state index >= 15 is 0 Å². The van der Waals surface area contributed by atoms with Crippen LogP contribution in [0.1, 0.15) is 25.0 Å². The van der Waals surface area contributed by atoms with Gasteiger partial charge >= 0.3 is 0 Å². The molecule has 0 fully saturated rings. The Morgan fingerprint density at radius 3 is 1.29 bits per heavy atom. The van der Waals surface area contributed by atoms with Crippen molar-refractivity contribution in [2.45, 2.75) is 19.3 Å². The topological polar surface area (TPSA) is 85.5 Å². The summed E-state index contributed by atoms with van der Waals surface area (Å²) in [6.45, 7) is 4.64. The van der Waals surface area contributed by atoms with E-state index in [2.05, 4.69) is 103 Å². The minimum atomic E-state index is -0.383. The molecule has 308 valence electrons. The van der Waals surface area contributed by atoms with Crippen LogP contribution in [0.3, 0.4) is 0 Å². The number of para-hydroxylation sites is 2. The molecule has 3 aromatic heterocycles. The largest absolute Gasteiger partial charge is 0.309 e. The van der Waals surface area contributed by atoms with Crippen molar-refractivity contribution >= 4 is 39.4 Å². The van der Waals surface area contributed by atoms with Crippen LogP contribution in [0.4, 0.5) is 17.6 Å². The van der Waals surface area contributed by atoms with Gasteiger partial charge in [-0.05, 0) is 64.7 Å². The molecule has 0 saturated carbocycles. The second-order valence-corrected chi connectivity index (χ2v) is 16.8. The zero-order valence-electron chi connectivity index (χ0n) is 35.7. The smallest absolute Gasteiger partial charge is 0.241 e. The minimum Gasteiger partial charge on any atom is -0.309 e. The van der Waals surface area contributed by atoms with Crippen molar-refractivity contribution in [1.82, 2.24) is 34.5 Å². The molecule has 65 heavy (non-hydrogen) atoms. The lowest BCUT2D eigenvalue weighted by Crippen LogP contribution is -2.20. The summed E-state index contributed by atoms with van der Waals surface area (Å²) < 4.78 is 2.39. The fourth-order valence-corrected chi connectivity index (χ4v) is 9.29. The summed E-state index contributed by atoms with van der Waals surface area (Å²) in [5.41, 5.74) is 12.2. The molecule has 0 unspecified atom stereocenters. The van der Waals surface area contributed by atoms with Gasteiger partial charge in [-0.3, -0.25) is 0 Å². The number of anilines is 3. The highest BCUT2D eigenvalue weighted by Crippen LogP contribution is 2.52. The van der Waals surface area contributed by atoms with Gasteiger partial charge in [0.1, 0.15) is 0 Å². The fourth-order valence-electron chi connectivity index (χ4n) is 9.29. The molecule has 0 bridgehead atoms. The van der Waals surface area contributed by atoms with E-state index in [9.17, 15) is 0 Å². The van der Waals surface area contributed by atoms with Gasteiger partial charge < -0.3 is 4.57 Å². The van der Waals surface area contributed by atoms with Crippen LogP contribution in [0.5, 0.6) is 0 Å². The first-order chi connectivity index (χ1) is 32.0. The van der Waals surface area contributed by atoms with Gasteiger partial charge in [0.15, 0.2) is 23.3 Å². The van der Waals surface area contributed by atoms with E-state index in [0.29, 0.717) is 35.2 Å². The molecule has 0 aliphatic heterocycles. The summed E-state index contributed by atoms with van der Waals surface area (Å²) >= 11 is 0. The van der Waals surface area contributed by atoms with Gasteiger partial charge in [0.05, 0.1) is 16.7 Å². The second kappa shape index (κ2) is 15.3. The van der Waals surface area contributed by atoms with Crippen molar-refractivity contribution in [3.63, 3.8) is 0 Å². The van der Waals surface area contributed by atoms with Crippen molar-refractivity contribution in [1.29, 1.82) is 0 Å². The third-order valence-corrected chi connectivity index (χ3v) is 12.5. The van der Waals surface area contributed by atoms with Gasteiger partial charge in [0.2, 0.25) is 11.9 Å².